The van der Waals surface area contributed by atoms with Crippen molar-refractivity contribution in [1.82, 2.24) is 20.6 Å². The third-order valence-corrected chi connectivity index (χ3v) is 3.43. The van der Waals surface area contributed by atoms with Crippen molar-refractivity contribution in [3.63, 3.8) is 0 Å². The highest BCUT2D eigenvalue weighted by Crippen LogP contribution is 2.31. The Morgan fingerprint density at radius 3 is 2.43 bits per heavy atom. The van der Waals surface area contributed by atoms with Crippen LogP contribution in [0.5, 0.6) is 0 Å². The molecular formula is C16H15F2N5. The number of tetrazole rings is 1. The zero-order valence-corrected chi connectivity index (χ0v) is 12.6. The maximum atomic E-state index is 13.3. The number of rotatable bonds is 4. The number of H-pyrrole nitrogens is 1. The lowest BCUT2D eigenvalue weighted by molar-refractivity contribution is 0.0175. The molecule has 0 unspecified atom stereocenters. The summed E-state index contributed by atoms with van der Waals surface area (Å²) in [5.41, 5.74) is 3.28. The Kier molecular flexibility index (Phi) is 3.77. The summed E-state index contributed by atoms with van der Waals surface area (Å²) in [6, 6.07) is 11.8. The van der Waals surface area contributed by atoms with E-state index in [0.29, 0.717) is 11.5 Å². The van der Waals surface area contributed by atoms with Crippen LogP contribution in [0.15, 0.2) is 42.5 Å². The maximum Gasteiger partial charge on any atom is 0.270 e. The number of nitrogens with one attached hydrogen (secondary N) is 2. The Morgan fingerprint density at radius 1 is 1.09 bits per heavy atom. The van der Waals surface area contributed by atoms with Crippen LogP contribution in [0, 0.1) is 6.92 Å². The first-order valence-corrected chi connectivity index (χ1v) is 7.03. The van der Waals surface area contributed by atoms with Crippen molar-refractivity contribution in [3.8, 4) is 11.4 Å². The molecule has 5 nitrogen and oxygen atoms in total. The molecule has 0 aliphatic rings. The molecule has 23 heavy (non-hydrogen) atoms. The monoisotopic (exact) mass is 315 g/mol. The van der Waals surface area contributed by atoms with Gasteiger partial charge in [-0.1, -0.05) is 18.2 Å². The molecule has 0 bridgehead atoms. The predicted molar refractivity (Wildman–Crippen MR) is 83.6 cm³/mol. The van der Waals surface area contributed by atoms with E-state index in [9.17, 15) is 8.78 Å². The lowest BCUT2D eigenvalue weighted by Gasteiger charge is -2.14. The molecule has 0 aliphatic carbocycles. The smallest absolute Gasteiger partial charge is 0.270 e. The lowest BCUT2D eigenvalue weighted by Crippen LogP contribution is -2.06. The number of aryl methyl sites for hydroxylation is 1. The molecule has 7 heteroatoms. The molecule has 0 spiro atoms. The van der Waals surface area contributed by atoms with Crippen molar-refractivity contribution in [3.05, 3.63) is 53.6 Å². The summed E-state index contributed by atoms with van der Waals surface area (Å²) in [5.74, 6) is -2.39. The van der Waals surface area contributed by atoms with Crippen molar-refractivity contribution >= 4 is 11.4 Å². The Bertz CT molecular complexity index is 792. The Morgan fingerprint density at radius 2 is 1.83 bits per heavy atom. The van der Waals surface area contributed by atoms with E-state index >= 15 is 0 Å². The number of benzene rings is 2. The first-order valence-electron chi connectivity index (χ1n) is 7.03. The Hall–Kier alpha value is -2.83. The number of aromatic nitrogens is 4. The first-order chi connectivity index (χ1) is 10.9. The maximum absolute atomic E-state index is 13.3. The minimum absolute atomic E-state index is 0.0225. The molecule has 0 radical (unpaired) electrons. The number of hydrogen-bond donors (Lipinski definition) is 2. The number of aromatic amines is 1. The van der Waals surface area contributed by atoms with Gasteiger partial charge in [-0.05, 0) is 42.0 Å². The molecule has 3 aromatic rings. The van der Waals surface area contributed by atoms with E-state index in [1.54, 1.807) is 12.1 Å². The van der Waals surface area contributed by atoms with Gasteiger partial charge in [0.1, 0.15) is 0 Å². The van der Waals surface area contributed by atoms with Gasteiger partial charge in [-0.25, -0.2) is 8.78 Å². The molecule has 2 N–H and O–H groups in total. The number of hydrogen-bond acceptors (Lipinski definition) is 4. The van der Waals surface area contributed by atoms with Crippen LogP contribution in [0.4, 0.5) is 20.2 Å². The van der Waals surface area contributed by atoms with Gasteiger partial charge in [0.2, 0.25) is 5.82 Å². The SMILES string of the molecule is Cc1ccc(-c2nn[nH]n2)c(Nc2ccc(C(C)(F)F)cc2)c1. The summed E-state index contributed by atoms with van der Waals surface area (Å²) < 4.78 is 26.5. The normalized spacial score (nSPS) is 11.5. The van der Waals surface area contributed by atoms with Gasteiger partial charge < -0.3 is 5.32 Å². The van der Waals surface area contributed by atoms with Crippen LogP contribution in [0.25, 0.3) is 11.4 Å². The van der Waals surface area contributed by atoms with Gasteiger partial charge in [-0.2, -0.15) is 5.21 Å². The molecule has 0 saturated carbocycles. The van der Waals surface area contributed by atoms with Gasteiger partial charge in [0.25, 0.3) is 5.92 Å². The van der Waals surface area contributed by atoms with Crippen LogP contribution in [-0.2, 0) is 5.92 Å². The fourth-order valence-corrected chi connectivity index (χ4v) is 2.23. The van der Waals surface area contributed by atoms with Crippen molar-refractivity contribution < 1.29 is 8.78 Å². The summed E-state index contributed by atoms with van der Waals surface area (Å²) in [7, 11) is 0. The molecular weight excluding hydrogens is 300 g/mol. The zero-order chi connectivity index (χ0) is 16.4. The van der Waals surface area contributed by atoms with Crippen LogP contribution < -0.4 is 5.32 Å². The number of nitrogens with zero attached hydrogens (tertiary/aromatic N) is 3. The van der Waals surface area contributed by atoms with Crippen LogP contribution in [0.2, 0.25) is 0 Å². The largest absolute Gasteiger partial charge is 0.355 e. The Balaban J connectivity index is 1.92. The van der Waals surface area contributed by atoms with E-state index in [2.05, 4.69) is 25.9 Å². The highest BCUT2D eigenvalue weighted by molar-refractivity contribution is 5.78. The summed E-state index contributed by atoms with van der Waals surface area (Å²) in [6.07, 6.45) is 0. The molecule has 1 aromatic heterocycles. The topological polar surface area (TPSA) is 66.5 Å². The van der Waals surface area contributed by atoms with E-state index in [1.165, 1.54) is 12.1 Å². The number of alkyl halides is 2. The van der Waals surface area contributed by atoms with Crippen molar-refractivity contribution in [2.45, 2.75) is 19.8 Å². The fourth-order valence-electron chi connectivity index (χ4n) is 2.23. The number of anilines is 2. The number of halogens is 2. The Labute approximate surface area is 131 Å². The first kappa shape index (κ1) is 15.1. The summed E-state index contributed by atoms with van der Waals surface area (Å²) >= 11 is 0. The standard InChI is InChI=1S/C16H15F2N5/c1-10-3-8-13(15-20-22-23-21-15)14(9-10)19-12-6-4-11(5-7-12)16(2,17)18/h3-9,19H,1-2H3,(H,20,21,22,23). The van der Waals surface area contributed by atoms with Crippen molar-refractivity contribution in [2.75, 3.05) is 5.32 Å². The quantitative estimate of drug-likeness (QED) is 0.763. The minimum Gasteiger partial charge on any atom is -0.355 e. The highest BCUT2D eigenvalue weighted by atomic mass is 19.3. The third kappa shape index (κ3) is 3.33. The minimum atomic E-state index is -2.85. The second kappa shape index (κ2) is 5.75. The van der Waals surface area contributed by atoms with Gasteiger partial charge >= 0.3 is 0 Å². The molecule has 118 valence electrons. The molecule has 0 atom stereocenters. The second-order valence-corrected chi connectivity index (χ2v) is 5.38. The summed E-state index contributed by atoms with van der Waals surface area (Å²) in [4.78, 5) is 0. The van der Waals surface area contributed by atoms with Gasteiger partial charge in [-0.15, -0.1) is 10.2 Å². The highest BCUT2D eigenvalue weighted by Gasteiger charge is 2.23. The van der Waals surface area contributed by atoms with Crippen LogP contribution in [0.1, 0.15) is 18.1 Å². The van der Waals surface area contributed by atoms with Gasteiger partial charge in [-0.3, -0.25) is 0 Å². The van der Waals surface area contributed by atoms with Crippen LogP contribution in [-0.4, -0.2) is 20.6 Å². The molecule has 2 aromatic carbocycles. The zero-order valence-electron chi connectivity index (χ0n) is 12.6. The van der Waals surface area contributed by atoms with Crippen molar-refractivity contribution in [1.29, 1.82) is 0 Å². The van der Waals surface area contributed by atoms with Gasteiger partial charge in [0, 0.05) is 29.4 Å². The fraction of sp³-hybridized carbons (Fsp3) is 0.188. The predicted octanol–water partition coefficient (Wildman–Crippen LogP) is 4.03. The average molecular weight is 315 g/mol. The average Bonchev–Trinajstić information content (AvgIpc) is 3.01. The summed E-state index contributed by atoms with van der Waals surface area (Å²) in [6.45, 7) is 2.84. The van der Waals surface area contributed by atoms with Crippen LogP contribution in [0.3, 0.4) is 0 Å². The lowest BCUT2D eigenvalue weighted by atomic mass is 10.1. The second-order valence-electron chi connectivity index (χ2n) is 5.38. The van der Waals surface area contributed by atoms with Gasteiger partial charge in [0.05, 0.1) is 0 Å². The van der Waals surface area contributed by atoms with E-state index in [-0.39, 0.29) is 5.56 Å². The molecule has 0 aliphatic heterocycles. The van der Waals surface area contributed by atoms with E-state index in [1.807, 2.05) is 25.1 Å². The van der Waals surface area contributed by atoms with E-state index < -0.39 is 5.92 Å². The molecule has 0 amide bonds. The molecule has 3 rings (SSSR count). The van der Waals surface area contributed by atoms with E-state index in [0.717, 1.165) is 23.7 Å². The van der Waals surface area contributed by atoms with Crippen molar-refractivity contribution in [2.24, 2.45) is 0 Å². The van der Waals surface area contributed by atoms with Gasteiger partial charge in [0.15, 0.2) is 0 Å². The molecule has 0 saturated heterocycles. The van der Waals surface area contributed by atoms with E-state index in [4.69, 9.17) is 0 Å². The molecule has 0 fully saturated rings. The molecule has 1 heterocycles. The summed E-state index contributed by atoms with van der Waals surface area (Å²) in [5, 5.41) is 17.1. The van der Waals surface area contributed by atoms with Crippen LogP contribution >= 0.6 is 0 Å². The third-order valence-electron chi connectivity index (χ3n) is 3.43.